The normalized spacial score (nSPS) is 21.8. The average molecular weight is 576 g/mol. The number of nitrogens with zero attached hydrogens (tertiary/aromatic N) is 2. The molecule has 12 heteroatoms. The number of amides is 2. The number of rotatable bonds is 7. The summed E-state index contributed by atoms with van der Waals surface area (Å²) in [4.78, 5) is 32.4. The number of sulfone groups is 1. The first-order valence-corrected chi connectivity index (χ1v) is 15.1. The number of amidine groups is 1. The van der Waals surface area contributed by atoms with Gasteiger partial charge in [0.2, 0.25) is 0 Å². The van der Waals surface area contributed by atoms with Crippen molar-refractivity contribution in [2.45, 2.75) is 50.1 Å². The van der Waals surface area contributed by atoms with Crippen molar-refractivity contribution in [2.75, 3.05) is 30.6 Å². The van der Waals surface area contributed by atoms with Crippen LogP contribution in [0.2, 0.25) is 0 Å². The molecule has 4 rings (SSSR count). The van der Waals surface area contributed by atoms with Crippen LogP contribution in [0.5, 0.6) is 11.5 Å². The standard InChI is InChI=1S/C27H33N3O7S2/c1-27(2,3)37-26(32)28-19(13-17-9-7-6-8-10-17)24(31)29-25-30(21-15-39(33,34)16-23(21)38-25)20-14-18(35-4)11-12-22(20)36-5/h6-12,14,19,21,23H,13,15-16H2,1-5H3,(H,28,32)/t19-,21+,23-/m0/s1. The second kappa shape index (κ2) is 11.5. The molecule has 10 nitrogen and oxygen atoms in total. The molecule has 2 saturated heterocycles. The third-order valence-electron chi connectivity index (χ3n) is 6.19. The monoisotopic (exact) mass is 575 g/mol. The fourth-order valence-corrected chi connectivity index (χ4v) is 8.42. The highest BCUT2D eigenvalue weighted by molar-refractivity contribution is 8.16. The van der Waals surface area contributed by atoms with Crippen LogP contribution in [-0.2, 0) is 25.8 Å². The Bertz CT molecular complexity index is 1360. The average Bonchev–Trinajstić information content (AvgIpc) is 3.33. The quantitative estimate of drug-likeness (QED) is 0.529. The number of carbonyl (C=O) groups is 2. The summed E-state index contributed by atoms with van der Waals surface area (Å²) in [6.07, 6.45) is -0.533. The summed E-state index contributed by atoms with van der Waals surface area (Å²) in [5.74, 6) is 0.333. The summed E-state index contributed by atoms with van der Waals surface area (Å²) in [5.41, 5.74) is 0.626. The first-order valence-electron chi connectivity index (χ1n) is 12.4. The maximum atomic E-state index is 13.6. The van der Waals surface area contributed by atoms with E-state index in [1.54, 1.807) is 43.9 Å². The van der Waals surface area contributed by atoms with Crippen molar-refractivity contribution in [1.29, 1.82) is 0 Å². The minimum atomic E-state index is -3.27. The highest BCUT2D eigenvalue weighted by Crippen LogP contribution is 2.45. The third-order valence-corrected chi connectivity index (χ3v) is 9.40. The molecular weight excluding hydrogens is 542 g/mol. The van der Waals surface area contributed by atoms with Crippen LogP contribution in [-0.4, -0.2) is 74.2 Å². The van der Waals surface area contributed by atoms with Crippen LogP contribution >= 0.6 is 11.8 Å². The van der Waals surface area contributed by atoms with E-state index in [2.05, 4.69) is 10.3 Å². The molecule has 0 spiro atoms. The fraction of sp³-hybridized carbons (Fsp3) is 0.444. The number of methoxy groups -OCH3 is 2. The van der Waals surface area contributed by atoms with Crippen molar-refractivity contribution in [3.8, 4) is 11.5 Å². The van der Waals surface area contributed by atoms with Crippen LogP contribution in [0.15, 0.2) is 53.5 Å². The van der Waals surface area contributed by atoms with Gasteiger partial charge in [0.15, 0.2) is 15.0 Å². The van der Waals surface area contributed by atoms with Crippen LogP contribution in [0.3, 0.4) is 0 Å². The topological polar surface area (TPSA) is 124 Å². The lowest BCUT2D eigenvalue weighted by Gasteiger charge is -2.27. The summed E-state index contributed by atoms with van der Waals surface area (Å²) in [6.45, 7) is 5.21. The van der Waals surface area contributed by atoms with Crippen molar-refractivity contribution in [3.63, 3.8) is 0 Å². The van der Waals surface area contributed by atoms with Crippen molar-refractivity contribution in [1.82, 2.24) is 5.32 Å². The van der Waals surface area contributed by atoms with Crippen LogP contribution in [0.25, 0.3) is 0 Å². The smallest absolute Gasteiger partial charge is 0.408 e. The molecule has 39 heavy (non-hydrogen) atoms. The Labute approximate surface area is 233 Å². The van der Waals surface area contributed by atoms with Gasteiger partial charge in [-0.3, -0.25) is 4.79 Å². The van der Waals surface area contributed by atoms with E-state index in [9.17, 15) is 18.0 Å². The SMILES string of the molecule is COc1ccc(OC)c(N2C(=NC(=O)[C@H](Cc3ccccc3)NC(=O)OC(C)(C)C)S[C@H]3CS(=O)(=O)C[C@H]32)c1. The molecule has 2 heterocycles. The van der Waals surface area contributed by atoms with E-state index in [1.807, 2.05) is 30.3 Å². The van der Waals surface area contributed by atoms with E-state index in [1.165, 1.54) is 26.0 Å². The molecule has 0 unspecified atom stereocenters. The summed E-state index contributed by atoms with van der Waals surface area (Å²) in [7, 11) is -0.228. The molecule has 0 aliphatic carbocycles. The number of aliphatic imine (C=N–C) groups is 1. The van der Waals surface area contributed by atoms with E-state index in [-0.39, 0.29) is 23.2 Å². The lowest BCUT2D eigenvalue weighted by atomic mass is 10.1. The predicted octanol–water partition coefficient (Wildman–Crippen LogP) is 3.44. The van der Waals surface area contributed by atoms with Gasteiger partial charge in [-0.05, 0) is 38.5 Å². The van der Waals surface area contributed by atoms with Crippen LogP contribution < -0.4 is 19.7 Å². The molecule has 2 aliphatic heterocycles. The van der Waals surface area contributed by atoms with Gasteiger partial charge in [0.1, 0.15) is 23.1 Å². The fourth-order valence-electron chi connectivity index (χ4n) is 4.50. The minimum Gasteiger partial charge on any atom is -0.497 e. The van der Waals surface area contributed by atoms with Gasteiger partial charge in [-0.25, -0.2) is 13.2 Å². The molecule has 0 aromatic heterocycles. The van der Waals surface area contributed by atoms with Gasteiger partial charge in [-0.2, -0.15) is 4.99 Å². The Balaban J connectivity index is 1.71. The Morgan fingerprint density at radius 1 is 1.10 bits per heavy atom. The Kier molecular flexibility index (Phi) is 8.45. The van der Waals surface area contributed by atoms with Gasteiger partial charge in [0.25, 0.3) is 5.91 Å². The molecule has 2 aromatic carbocycles. The van der Waals surface area contributed by atoms with E-state index in [4.69, 9.17) is 14.2 Å². The molecule has 2 amide bonds. The summed E-state index contributed by atoms with van der Waals surface area (Å²) in [5, 5.41) is 2.69. The first-order chi connectivity index (χ1) is 18.4. The Morgan fingerprint density at radius 3 is 2.46 bits per heavy atom. The number of hydrogen-bond acceptors (Lipinski definition) is 8. The van der Waals surface area contributed by atoms with Crippen molar-refractivity contribution in [2.24, 2.45) is 4.99 Å². The highest BCUT2D eigenvalue weighted by Gasteiger charge is 2.50. The second-order valence-corrected chi connectivity index (χ2v) is 13.7. The number of nitrogens with one attached hydrogen (secondary N) is 1. The first kappa shape index (κ1) is 28.8. The van der Waals surface area contributed by atoms with E-state index < -0.39 is 39.5 Å². The molecular formula is C27H33N3O7S2. The van der Waals surface area contributed by atoms with Gasteiger partial charge >= 0.3 is 6.09 Å². The molecule has 2 aromatic rings. The van der Waals surface area contributed by atoms with Gasteiger partial charge < -0.3 is 24.4 Å². The van der Waals surface area contributed by atoms with Crippen LogP contribution in [0, 0.1) is 0 Å². The third kappa shape index (κ3) is 7.04. The Hall–Kier alpha value is -3.25. The number of hydrogen-bond donors (Lipinski definition) is 1. The van der Waals surface area contributed by atoms with Crippen molar-refractivity contribution >= 4 is 44.5 Å². The minimum absolute atomic E-state index is 0.0259. The molecule has 0 bridgehead atoms. The van der Waals surface area contributed by atoms with E-state index >= 15 is 0 Å². The summed E-state index contributed by atoms with van der Waals surface area (Å²) < 4.78 is 41.4. The molecule has 2 fully saturated rings. The van der Waals surface area contributed by atoms with Crippen LogP contribution in [0.4, 0.5) is 10.5 Å². The zero-order valence-corrected chi connectivity index (χ0v) is 24.2. The molecule has 2 aliphatic rings. The maximum Gasteiger partial charge on any atom is 0.408 e. The number of alkyl carbamates (subject to hydrolysis) is 1. The lowest BCUT2D eigenvalue weighted by Crippen LogP contribution is -2.45. The van der Waals surface area contributed by atoms with E-state index in [0.29, 0.717) is 22.4 Å². The van der Waals surface area contributed by atoms with Gasteiger partial charge in [0, 0.05) is 17.7 Å². The second-order valence-electron chi connectivity index (χ2n) is 10.3. The summed E-state index contributed by atoms with van der Waals surface area (Å²) >= 11 is 1.24. The zero-order valence-electron chi connectivity index (χ0n) is 22.5. The molecule has 210 valence electrons. The number of anilines is 1. The summed E-state index contributed by atoms with van der Waals surface area (Å²) in [6, 6.07) is 13.0. The number of benzene rings is 2. The van der Waals surface area contributed by atoms with Gasteiger partial charge in [-0.15, -0.1) is 0 Å². The highest BCUT2D eigenvalue weighted by atomic mass is 32.2. The lowest BCUT2D eigenvalue weighted by molar-refractivity contribution is -0.119. The van der Waals surface area contributed by atoms with Crippen LogP contribution in [0.1, 0.15) is 26.3 Å². The zero-order chi connectivity index (χ0) is 28.4. The van der Waals surface area contributed by atoms with Crippen molar-refractivity contribution < 1.29 is 32.2 Å². The molecule has 0 saturated carbocycles. The Morgan fingerprint density at radius 2 is 1.82 bits per heavy atom. The largest absolute Gasteiger partial charge is 0.497 e. The molecule has 0 radical (unpaired) electrons. The van der Waals surface area contributed by atoms with Gasteiger partial charge in [0.05, 0.1) is 37.5 Å². The maximum absolute atomic E-state index is 13.6. The van der Waals surface area contributed by atoms with E-state index in [0.717, 1.165) is 5.56 Å². The van der Waals surface area contributed by atoms with Crippen molar-refractivity contribution in [3.05, 3.63) is 54.1 Å². The van der Waals surface area contributed by atoms with Gasteiger partial charge in [-0.1, -0.05) is 42.1 Å². The number of thioether (sulfide) groups is 1. The number of carbonyl (C=O) groups excluding carboxylic acids is 2. The molecule has 3 atom stereocenters. The molecule has 1 N–H and O–H groups in total. The predicted molar refractivity (Wildman–Crippen MR) is 152 cm³/mol. The number of ether oxygens (including phenoxy) is 3. The number of fused-ring (bicyclic) bond motifs is 1.